The van der Waals surface area contributed by atoms with Gasteiger partial charge in [0.2, 0.25) is 0 Å². The van der Waals surface area contributed by atoms with Crippen molar-refractivity contribution in [3.63, 3.8) is 0 Å². The van der Waals surface area contributed by atoms with Gasteiger partial charge in [0, 0.05) is 25.6 Å². The van der Waals surface area contributed by atoms with Gasteiger partial charge in [-0.05, 0) is 28.3 Å². The summed E-state index contributed by atoms with van der Waals surface area (Å²) in [6.07, 6.45) is 2.50. The topological polar surface area (TPSA) is 38.3 Å². The summed E-state index contributed by atoms with van der Waals surface area (Å²) in [6, 6.07) is 14.0. The molecule has 1 N–H and O–H groups in total. The summed E-state index contributed by atoms with van der Waals surface area (Å²) in [5.41, 5.74) is 5.08. The van der Waals surface area contributed by atoms with E-state index in [0.717, 1.165) is 28.7 Å². The third-order valence-electron chi connectivity index (χ3n) is 4.15. The van der Waals surface area contributed by atoms with Gasteiger partial charge >= 0.3 is 0 Å². The largest absolute Gasteiger partial charge is 0.376 e. The van der Waals surface area contributed by atoms with Crippen molar-refractivity contribution in [2.75, 3.05) is 7.11 Å². The minimum atomic E-state index is -0.0990. The number of benzene rings is 2. The van der Waals surface area contributed by atoms with Crippen LogP contribution in [-0.4, -0.2) is 13.0 Å². The summed E-state index contributed by atoms with van der Waals surface area (Å²) in [4.78, 5) is 11.9. The third kappa shape index (κ3) is 2.55. The van der Waals surface area contributed by atoms with Gasteiger partial charge in [-0.15, -0.1) is 0 Å². The van der Waals surface area contributed by atoms with Gasteiger partial charge < -0.3 is 10.1 Å². The smallest absolute Gasteiger partial charge is 0.251 e. The highest BCUT2D eigenvalue weighted by atomic mass is 16.5. The fourth-order valence-corrected chi connectivity index (χ4v) is 3.04. The third-order valence-corrected chi connectivity index (χ3v) is 4.15. The number of hydrogen-bond acceptors (Lipinski definition) is 2. The zero-order chi connectivity index (χ0) is 15.5. The van der Waals surface area contributed by atoms with Crippen LogP contribution in [0.3, 0.4) is 0 Å². The van der Waals surface area contributed by atoms with Crippen LogP contribution in [0.15, 0.2) is 49.0 Å². The number of ether oxygens (including phenoxy) is 1. The number of fused-ring (bicyclic) bond motifs is 1. The zero-order valence-electron chi connectivity index (χ0n) is 12.6. The second-order valence-electron chi connectivity index (χ2n) is 5.40. The summed E-state index contributed by atoms with van der Waals surface area (Å²) >= 11 is 0. The molecule has 0 fully saturated rings. The lowest BCUT2D eigenvalue weighted by atomic mass is 9.90. The van der Waals surface area contributed by atoms with Gasteiger partial charge in [0.15, 0.2) is 0 Å². The molecular formula is C19H19NO2. The molecule has 22 heavy (non-hydrogen) atoms. The fraction of sp³-hybridized carbons (Fsp3) is 0.211. The lowest BCUT2D eigenvalue weighted by Crippen LogP contribution is -2.12. The van der Waals surface area contributed by atoms with E-state index in [1.54, 1.807) is 7.11 Å². The maximum Gasteiger partial charge on any atom is 0.251 e. The first kappa shape index (κ1) is 14.5. The van der Waals surface area contributed by atoms with E-state index in [0.29, 0.717) is 6.54 Å². The summed E-state index contributed by atoms with van der Waals surface area (Å²) in [5.74, 6) is -0.0126. The quantitative estimate of drug-likeness (QED) is 0.916. The maximum atomic E-state index is 11.9. The molecule has 1 amide bonds. The molecule has 0 aromatic heterocycles. The number of carbonyl (C=O) groups is 1. The number of rotatable bonds is 5. The van der Waals surface area contributed by atoms with E-state index in [4.69, 9.17) is 4.74 Å². The summed E-state index contributed by atoms with van der Waals surface area (Å²) in [7, 11) is 1.71. The molecule has 3 nitrogen and oxygen atoms in total. The molecular weight excluding hydrogens is 274 g/mol. The highest BCUT2D eigenvalue weighted by Gasteiger charge is 2.27. The molecule has 0 bridgehead atoms. The van der Waals surface area contributed by atoms with Gasteiger partial charge in [0.05, 0.1) is 6.10 Å². The lowest BCUT2D eigenvalue weighted by molar-refractivity contribution is 0.0965. The molecule has 1 aliphatic rings. The van der Waals surface area contributed by atoms with E-state index in [-0.39, 0.29) is 12.0 Å². The van der Waals surface area contributed by atoms with Crippen LogP contribution in [0.1, 0.15) is 38.7 Å². The van der Waals surface area contributed by atoms with Crippen LogP contribution in [0.4, 0.5) is 0 Å². The first-order valence-electron chi connectivity index (χ1n) is 7.37. The van der Waals surface area contributed by atoms with Gasteiger partial charge in [-0.25, -0.2) is 0 Å². The Morgan fingerprint density at radius 1 is 1.27 bits per heavy atom. The van der Waals surface area contributed by atoms with Crippen molar-refractivity contribution in [2.45, 2.75) is 19.1 Å². The maximum absolute atomic E-state index is 11.9. The number of hydrogen-bond donors (Lipinski definition) is 1. The standard InChI is InChI=1S/C19H19NO2/c1-3-14-9-10-15-16(12-20-19(15)21)18(14)17(22-2)11-13-7-5-4-6-8-13/h3-10,17H,1,11-12H2,2H3,(H,20,21). The Labute approximate surface area is 130 Å². The first-order valence-corrected chi connectivity index (χ1v) is 7.37. The van der Waals surface area contributed by atoms with E-state index in [1.807, 2.05) is 36.4 Å². The van der Waals surface area contributed by atoms with Crippen molar-refractivity contribution >= 4 is 12.0 Å². The van der Waals surface area contributed by atoms with Crippen molar-refractivity contribution in [3.05, 3.63) is 76.9 Å². The van der Waals surface area contributed by atoms with Crippen LogP contribution in [-0.2, 0) is 17.7 Å². The molecule has 1 heterocycles. The van der Waals surface area contributed by atoms with Gasteiger partial charge in [-0.3, -0.25) is 4.79 Å². The molecule has 3 rings (SSSR count). The number of methoxy groups -OCH3 is 1. The highest BCUT2D eigenvalue weighted by molar-refractivity contribution is 5.99. The summed E-state index contributed by atoms with van der Waals surface area (Å²) < 4.78 is 5.76. The molecule has 2 aromatic carbocycles. The Morgan fingerprint density at radius 3 is 2.73 bits per heavy atom. The molecule has 3 heteroatoms. The second-order valence-corrected chi connectivity index (χ2v) is 5.40. The molecule has 0 spiro atoms. The van der Waals surface area contributed by atoms with Gasteiger partial charge in [0.25, 0.3) is 5.91 Å². The molecule has 2 aromatic rings. The fourth-order valence-electron chi connectivity index (χ4n) is 3.04. The Kier molecular flexibility index (Phi) is 4.07. The average Bonchev–Trinajstić information content (AvgIpc) is 2.94. The Balaban J connectivity index is 2.05. The number of carbonyl (C=O) groups excluding carboxylic acids is 1. The predicted molar refractivity (Wildman–Crippen MR) is 87.6 cm³/mol. The molecule has 0 saturated heterocycles. The van der Waals surface area contributed by atoms with Crippen molar-refractivity contribution in [1.29, 1.82) is 0 Å². The molecule has 0 saturated carbocycles. The Bertz CT molecular complexity index is 707. The minimum absolute atomic E-state index is 0.0126. The normalized spacial score (nSPS) is 14.3. The summed E-state index contributed by atoms with van der Waals surface area (Å²) in [6.45, 7) is 4.45. The SMILES string of the molecule is C=Cc1ccc2c(c1C(Cc1ccccc1)OC)CNC2=O. The van der Waals surface area contributed by atoms with Gasteiger partial charge in [-0.2, -0.15) is 0 Å². The van der Waals surface area contributed by atoms with Gasteiger partial charge in [0.1, 0.15) is 0 Å². The van der Waals surface area contributed by atoms with E-state index >= 15 is 0 Å². The first-order chi connectivity index (χ1) is 10.7. The predicted octanol–water partition coefficient (Wildman–Crippen LogP) is 3.50. The van der Waals surface area contributed by atoms with Gasteiger partial charge in [-0.1, -0.05) is 49.1 Å². The second kappa shape index (κ2) is 6.16. The van der Waals surface area contributed by atoms with Crippen LogP contribution in [0.25, 0.3) is 6.08 Å². The van der Waals surface area contributed by atoms with Crippen molar-refractivity contribution in [1.82, 2.24) is 5.32 Å². The molecule has 1 aliphatic heterocycles. The lowest BCUT2D eigenvalue weighted by Gasteiger charge is -2.21. The molecule has 0 radical (unpaired) electrons. The Hall–Kier alpha value is -2.39. The Morgan fingerprint density at radius 2 is 2.05 bits per heavy atom. The molecule has 112 valence electrons. The van der Waals surface area contributed by atoms with Crippen LogP contribution < -0.4 is 5.32 Å². The van der Waals surface area contributed by atoms with E-state index in [1.165, 1.54) is 5.56 Å². The zero-order valence-corrected chi connectivity index (χ0v) is 12.6. The van der Waals surface area contributed by atoms with Crippen LogP contribution >= 0.6 is 0 Å². The van der Waals surface area contributed by atoms with Crippen molar-refractivity contribution in [2.24, 2.45) is 0 Å². The van der Waals surface area contributed by atoms with Crippen LogP contribution in [0.2, 0.25) is 0 Å². The monoisotopic (exact) mass is 293 g/mol. The van der Waals surface area contributed by atoms with Crippen LogP contribution in [0.5, 0.6) is 0 Å². The minimum Gasteiger partial charge on any atom is -0.376 e. The summed E-state index contributed by atoms with van der Waals surface area (Å²) in [5, 5.41) is 2.89. The average molecular weight is 293 g/mol. The highest BCUT2D eigenvalue weighted by Crippen LogP contribution is 2.33. The molecule has 1 unspecified atom stereocenters. The van der Waals surface area contributed by atoms with Crippen molar-refractivity contribution < 1.29 is 9.53 Å². The molecule has 0 aliphatic carbocycles. The molecule has 1 atom stereocenters. The van der Waals surface area contributed by atoms with Crippen LogP contribution in [0, 0.1) is 0 Å². The number of amides is 1. The van der Waals surface area contributed by atoms with E-state index in [9.17, 15) is 4.79 Å². The van der Waals surface area contributed by atoms with E-state index < -0.39 is 0 Å². The van der Waals surface area contributed by atoms with E-state index in [2.05, 4.69) is 24.0 Å². The number of nitrogens with one attached hydrogen (secondary N) is 1. The van der Waals surface area contributed by atoms with Crippen molar-refractivity contribution in [3.8, 4) is 0 Å².